The van der Waals surface area contributed by atoms with E-state index < -0.39 is 5.91 Å². The topological polar surface area (TPSA) is 103 Å². The number of ether oxygens (including phenoxy) is 1. The van der Waals surface area contributed by atoms with Gasteiger partial charge in [0.1, 0.15) is 18.1 Å². The van der Waals surface area contributed by atoms with E-state index in [4.69, 9.17) is 44.2 Å². The molecule has 1 heterocycles. The predicted molar refractivity (Wildman–Crippen MR) is 157 cm³/mol. The van der Waals surface area contributed by atoms with Gasteiger partial charge in [0.2, 0.25) is 5.91 Å². The lowest BCUT2D eigenvalue weighted by Gasteiger charge is -2.36. The number of hydrogen-bond donors (Lipinski definition) is 3. The van der Waals surface area contributed by atoms with E-state index in [1.165, 1.54) is 30.1 Å². The lowest BCUT2D eigenvalue weighted by molar-refractivity contribution is 0.100. The van der Waals surface area contributed by atoms with Crippen molar-refractivity contribution in [1.82, 2.24) is 4.90 Å². The number of phenolic OH excluding ortho intramolecular Hbond substituents is 1. The van der Waals surface area contributed by atoms with Gasteiger partial charge in [-0.05, 0) is 92.0 Å². The molecule has 196 valence electrons. The monoisotopic (exact) mass is 670 g/mol. The number of carbonyl (C=O) groups is 1. The van der Waals surface area contributed by atoms with Crippen LogP contribution in [0.1, 0.15) is 15.9 Å². The third kappa shape index (κ3) is 8.61. The second-order valence-corrected chi connectivity index (χ2v) is 10.7. The van der Waals surface area contributed by atoms with Crippen molar-refractivity contribution in [3.63, 3.8) is 0 Å². The minimum atomic E-state index is -0.563. The minimum absolute atomic E-state index is 0.0586. The van der Waals surface area contributed by atoms with E-state index in [1.54, 1.807) is 0 Å². The van der Waals surface area contributed by atoms with Gasteiger partial charge in [-0.2, -0.15) is 0 Å². The van der Waals surface area contributed by atoms with Crippen LogP contribution in [0.4, 0.5) is 5.69 Å². The van der Waals surface area contributed by atoms with Crippen molar-refractivity contribution in [2.45, 2.75) is 0 Å². The maximum atomic E-state index is 10.5. The van der Waals surface area contributed by atoms with Crippen molar-refractivity contribution in [1.29, 1.82) is 5.41 Å². The van der Waals surface area contributed by atoms with E-state index in [1.807, 2.05) is 24.3 Å². The lowest BCUT2D eigenvalue weighted by atomic mass is 10.2. The largest absolute Gasteiger partial charge is 0.506 e. The summed E-state index contributed by atoms with van der Waals surface area (Å²) in [6, 6.07) is 15.9. The van der Waals surface area contributed by atoms with Gasteiger partial charge in [0.05, 0.1) is 14.0 Å². The molecule has 1 amide bonds. The van der Waals surface area contributed by atoms with Gasteiger partial charge in [-0.25, -0.2) is 0 Å². The van der Waals surface area contributed by atoms with Gasteiger partial charge in [0, 0.05) is 55.2 Å². The average molecular weight is 673 g/mol. The Morgan fingerprint density at radius 1 is 1.03 bits per heavy atom. The molecule has 1 fully saturated rings. The molecule has 3 aromatic carbocycles. The van der Waals surface area contributed by atoms with Crippen molar-refractivity contribution in [2.24, 2.45) is 5.73 Å². The van der Waals surface area contributed by atoms with Crippen LogP contribution < -0.4 is 15.4 Å². The maximum absolute atomic E-state index is 10.5. The van der Waals surface area contributed by atoms with E-state index in [9.17, 15) is 4.79 Å². The summed E-state index contributed by atoms with van der Waals surface area (Å²) in [6.07, 6.45) is 1.32. The van der Waals surface area contributed by atoms with Gasteiger partial charge in [-0.15, -0.1) is 0 Å². The lowest BCUT2D eigenvalue weighted by Crippen LogP contribution is -2.47. The SMILES string of the molecule is N=Cc1cc(Br)c(OCCN2CCN(c3ccc(Cl)cc3)CC2)c(Br)c1.NC(=O)c1ccc(O)c(Cl)c1. The number of amides is 1. The first kappa shape index (κ1) is 29.3. The highest BCUT2D eigenvalue weighted by Crippen LogP contribution is 2.34. The van der Waals surface area contributed by atoms with Crippen molar-refractivity contribution in [3.05, 3.63) is 84.7 Å². The smallest absolute Gasteiger partial charge is 0.248 e. The number of halogens is 4. The Kier molecular flexibility index (Phi) is 11.1. The van der Waals surface area contributed by atoms with Crippen LogP contribution in [0.15, 0.2) is 63.5 Å². The number of nitrogens with one attached hydrogen (secondary N) is 1. The number of hydrogen-bond acceptors (Lipinski definition) is 6. The molecule has 0 unspecified atom stereocenters. The van der Waals surface area contributed by atoms with Crippen LogP contribution in [0.3, 0.4) is 0 Å². The normalized spacial score (nSPS) is 13.5. The van der Waals surface area contributed by atoms with Gasteiger partial charge >= 0.3 is 0 Å². The van der Waals surface area contributed by atoms with E-state index in [0.29, 0.717) is 6.61 Å². The molecule has 37 heavy (non-hydrogen) atoms. The predicted octanol–water partition coefficient (Wildman–Crippen LogP) is 6.21. The van der Waals surface area contributed by atoms with Crippen LogP contribution in [0.2, 0.25) is 10.0 Å². The number of phenols is 1. The molecule has 11 heteroatoms. The summed E-state index contributed by atoms with van der Waals surface area (Å²) in [5.41, 5.74) is 7.29. The van der Waals surface area contributed by atoms with Crippen LogP contribution in [0.5, 0.6) is 11.5 Å². The summed E-state index contributed by atoms with van der Waals surface area (Å²) in [5.74, 6) is 0.166. The Hall–Kier alpha value is -2.30. The second kappa shape index (κ2) is 14.0. The zero-order valence-electron chi connectivity index (χ0n) is 19.8. The average Bonchev–Trinajstić information content (AvgIpc) is 2.88. The fraction of sp³-hybridized carbons (Fsp3) is 0.231. The summed E-state index contributed by atoms with van der Waals surface area (Å²) in [6.45, 7) is 5.55. The summed E-state index contributed by atoms with van der Waals surface area (Å²) in [5, 5.41) is 17.2. The number of aromatic hydroxyl groups is 1. The quantitative estimate of drug-likeness (QED) is 0.259. The summed E-state index contributed by atoms with van der Waals surface area (Å²) in [7, 11) is 0. The van der Waals surface area contributed by atoms with Gasteiger partial charge in [-0.1, -0.05) is 23.2 Å². The third-order valence-corrected chi connectivity index (χ3v) is 7.37. The molecule has 0 aliphatic carbocycles. The first-order chi connectivity index (χ1) is 17.7. The molecule has 4 rings (SSSR count). The summed E-state index contributed by atoms with van der Waals surface area (Å²) >= 11 is 18.5. The van der Waals surface area contributed by atoms with Crippen LogP contribution in [-0.2, 0) is 0 Å². The number of primary amides is 1. The molecule has 0 radical (unpaired) electrons. The molecular weight excluding hydrogens is 647 g/mol. The number of anilines is 1. The zero-order valence-corrected chi connectivity index (χ0v) is 24.4. The molecule has 3 aromatic rings. The number of nitrogens with two attached hydrogens (primary N) is 1. The third-order valence-electron chi connectivity index (χ3n) is 5.64. The highest BCUT2D eigenvalue weighted by molar-refractivity contribution is 9.11. The number of piperazine rings is 1. The molecule has 1 saturated heterocycles. The molecule has 1 aliphatic rings. The van der Waals surface area contributed by atoms with Gasteiger partial charge < -0.3 is 25.9 Å². The molecule has 0 saturated carbocycles. The molecule has 7 nitrogen and oxygen atoms in total. The Bertz CT molecular complexity index is 1210. The fourth-order valence-corrected chi connectivity index (χ4v) is 5.38. The maximum Gasteiger partial charge on any atom is 0.248 e. The molecular formula is C26H26Br2Cl2N4O3. The Morgan fingerprint density at radius 3 is 2.19 bits per heavy atom. The molecule has 1 aliphatic heterocycles. The second-order valence-electron chi connectivity index (χ2n) is 8.14. The fourth-order valence-electron chi connectivity index (χ4n) is 3.62. The van der Waals surface area contributed by atoms with Gasteiger partial charge in [-0.3, -0.25) is 9.69 Å². The van der Waals surface area contributed by atoms with Crippen molar-refractivity contribution < 1.29 is 14.6 Å². The van der Waals surface area contributed by atoms with Crippen LogP contribution >= 0.6 is 55.1 Å². The molecule has 4 N–H and O–H groups in total. The van der Waals surface area contributed by atoms with E-state index in [-0.39, 0.29) is 16.3 Å². The van der Waals surface area contributed by atoms with E-state index in [2.05, 4.69) is 53.8 Å². The number of carbonyl (C=O) groups excluding carboxylic acids is 1. The summed E-state index contributed by atoms with van der Waals surface area (Å²) < 4.78 is 7.67. The number of rotatable bonds is 7. The standard InChI is InChI=1S/C19H20Br2ClN3O.C7H6ClNO2/c20-17-11-14(13-23)12-18(21)19(17)26-10-9-24-5-7-25(8-6-24)16-3-1-15(22)2-4-16;8-5-3-4(7(9)11)1-2-6(5)10/h1-4,11-13,23H,5-10H2;1-3,10H,(H2,9,11). The van der Waals surface area contributed by atoms with E-state index in [0.717, 1.165) is 58.0 Å². The molecule has 0 atom stereocenters. The Balaban J connectivity index is 0.000000289. The number of nitrogens with zero attached hydrogens (tertiary/aromatic N) is 2. The Morgan fingerprint density at radius 2 is 1.65 bits per heavy atom. The molecule has 0 bridgehead atoms. The zero-order chi connectivity index (χ0) is 26.9. The van der Waals surface area contributed by atoms with Gasteiger partial charge in [0.25, 0.3) is 0 Å². The highest BCUT2D eigenvalue weighted by atomic mass is 79.9. The first-order valence-electron chi connectivity index (χ1n) is 11.3. The van der Waals surface area contributed by atoms with Crippen molar-refractivity contribution in [3.8, 4) is 11.5 Å². The van der Waals surface area contributed by atoms with Crippen molar-refractivity contribution >= 4 is 72.9 Å². The summed E-state index contributed by atoms with van der Waals surface area (Å²) in [4.78, 5) is 15.3. The van der Waals surface area contributed by atoms with Crippen LogP contribution in [0, 0.1) is 5.41 Å². The van der Waals surface area contributed by atoms with Crippen molar-refractivity contribution in [2.75, 3.05) is 44.2 Å². The molecule has 0 spiro atoms. The first-order valence-corrected chi connectivity index (χ1v) is 13.7. The Labute approximate surface area is 242 Å². The van der Waals surface area contributed by atoms with Crippen LogP contribution in [0.25, 0.3) is 0 Å². The highest BCUT2D eigenvalue weighted by Gasteiger charge is 2.17. The molecule has 0 aromatic heterocycles. The number of benzene rings is 3. The van der Waals surface area contributed by atoms with Gasteiger partial charge in [0.15, 0.2) is 0 Å². The van der Waals surface area contributed by atoms with Crippen LogP contribution in [-0.4, -0.2) is 61.5 Å². The minimum Gasteiger partial charge on any atom is -0.506 e. The van der Waals surface area contributed by atoms with E-state index >= 15 is 0 Å².